The van der Waals surface area contributed by atoms with Crippen molar-refractivity contribution in [3.63, 3.8) is 0 Å². The number of aromatic nitrogens is 3. The number of amides is 1. The van der Waals surface area contributed by atoms with Crippen LogP contribution in [0.1, 0.15) is 61.5 Å². The van der Waals surface area contributed by atoms with E-state index in [2.05, 4.69) is 15.4 Å². The van der Waals surface area contributed by atoms with E-state index in [-0.39, 0.29) is 24.7 Å². The first-order valence-electron chi connectivity index (χ1n) is 9.14. The van der Waals surface area contributed by atoms with Crippen molar-refractivity contribution in [2.24, 2.45) is 5.92 Å². The predicted molar refractivity (Wildman–Crippen MR) is 94.7 cm³/mol. The summed E-state index contributed by atoms with van der Waals surface area (Å²) >= 11 is 0. The van der Waals surface area contributed by atoms with Gasteiger partial charge in [0.05, 0.1) is 23.4 Å². The molecule has 1 aliphatic rings. The van der Waals surface area contributed by atoms with Crippen molar-refractivity contribution in [1.82, 2.24) is 20.1 Å². The van der Waals surface area contributed by atoms with E-state index >= 15 is 0 Å². The van der Waals surface area contributed by atoms with Gasteiger partial charge in [-0.25, -0.2) is 9.67 Å². The van der Waals surface area contributed by atoms with Gasteiger partial charge in [-0.2, -0.15) is 18.3 Å². The maximum absolute atomic E-state index is 13.0. The molecule has 0 bridgehead atoms. The molecule has 1 aliphatic carbocycles. The van der Waals surface area contributed by atoms with Crippen molar-refractivity contribution in [1.29, 1.82) is 0 Å². The van der Waals surface area contributed by atoms with Crippen LogP contribution in [0.15, 0.2) is 30.6 Å². The summed E-state index contributed by atoms with van der Waals surface area (Å²) in [5.41, 5.74) is 1.07. The van der Waals surface area contributed by atoms with Crippen molar-refractivity contribution >= 4 is 5.91 Å². The van der Waals surface area contributed by atoms with Gasteiger partial charge in [-0.05, 0) is 37.3 Å². The van der Waals surface area contributed by atoms with Crippen LogP contribution < -0.4 is 5.32 Å². The Morgan fingerprint density at radius 2 is 2.07 bits per heavy atom. The molecule has 8 heteroatoms. The van der Waals surface area contributed by atoms with E-state index in [1.165, 1.54) is 6.20 Å². The van der Waals surface area contributed by atoms with Crippen LogP contribution in [-0.2, 0) is 0 Å². The molecule has 2 atom stereocenters. The minimum atomic E-state index is -4.21. The molecule has 0 spiro atoms. The van der Waals surface area contributed by atoms with Crippen molar-refractivity contribution in [3.05, 3.63) is 41.9 Å². The Labute approximate surface area is 156 Å². The maximum Gasteiger partial charge on any atom is 0.391 e. The van der Waals surface area contributed by atoms with Crippen LogP contribution in [0, 0.1) is 5.92 Å². The third-order valence-electron chi connectivity index (χ3n) is 4.94. The molecular weight excluding hydrogens is 357 g/mol. The van der Waals surface area contributed by atoms with Gasteiger partial charge in [0.2, 0.25) is 0 Å². The monoisotopic (exact) mass is 380 g/mol. The molecule has 0 aromatic carbocycles. The topological polar surface area (TPSA) is 59.8 Å². The smallest absolute Gasteiger partial charge is 0.349 e. The van der Waals surface area contributed by atoms with Gasteiger partial charge in [0.15, 0.2) is 5.82 Å². The van der Waals surface area contributed by atoms with Gasteiger partial charge in [0, 0.05) is 12.2 Å². The second kappa shape index (κ2) is 7.70. The summed E-state index contributed by atoms with van der Waals surface area (Å²) in [4.78, 5) is 17.0. The predicted octanol–water partition coefficient (Wildman–Crippen LogP) is 4.24. The van der Waals surface area contributed by atoms with Gasteiger partial charge in [-0.1, -0.05) is 26.3 Å². The number of hydrogen-bond acceptors (Lipinski definition) is 3. The lowest BCUT2D eigenvalue weighted by atomic mass is 9.85. The third kappa shape index (κ3) is 4.31. The fraction of sp³-hybridized carbons (Fsp3) is 0.526. The van der Waals surface area contributed by atoms with Crippen LogP contribution in [0.2, 0.25) is 0 Å². The number of rotatable bonds is 4. The first kappa shape index (κ1) is 19.4. The van der Waals surface area contributed by atoms with Gasteiger partial charge in [-0.3, -0.25) is 4.79 Å². The third-order valence-corrected chi connectivity index (χ3v) is 4.94. The zero-order valence-electron chi connectivity index (χ0n) is 15.3. The highest BCUT2D eigenvalue weighted by Crippen LogP contribution is 2.37. The summed E-state index contributed by atoms with van der Waals surface area (Å²) in [6.45, 7) is 3.88. The Hall–Kier alpha value is -2.38. The molecule has 5 nitrogen and oxygen atoms in total. The highest BCUT2D eigenvalue weighted by Gasteiger charge is 2.42. The zero-order chi connectivity index (χ0) is 19.6. The molecule has 0 radical (unpaired) electrons. The summed E-state index contributed by atoms with van der Waals surface area (Å²) in [6, 6.07) is 4.93. The number of alkyl halides is 3. The summed E-state index contributed by atoms with van der Waals surface area (Å²) in [5.74, 6) is -1.15. The van der Waals surface area contributed by atoms with E-state index < -0.39 is 18.1 Å². The molecule has 1 amide bonds. The number of carbonyl (C=O) groups excluding carboxylic acids is 1. The molecule has 0 unspecified atom stereocenters. The number of nitrogens with zero attached hydrogens (tertiary/aromatic N) is 3. The first-order chi connectivity index (χ1) is 12.8. The molecule has 0 saturated heterocycles. The van der Waals surface area contributed by atoms with E-state index in [0.717, 1.165) is 0 Å². The Kier molecular flexibility index (Phi) is 5.53. The lowest BCUT2D eigenvalue weighted by molar-refractivity contribution is -0.183. The number of nitrogens with one attached hydrogen (secondary N) is 1. The Morgan fingerprint density at radius 1 is 1.30 bits per heavy atom. The molecule has 2 aromatic heterocycles. The second-order valence-electron chi connectivity index (χ2n) is 7.27. The van der Waals surface area contributed by atoms with Crippen LogP contribution in [-0.4, -0.2) is 32.9 Å². The van der Waals surface area contributed by atoms with E-state index in [1.54, 1.807) is 23.0 Å². The van der Waals surface area contributed by atoms with Crippen molar-refractivity contribution < 1.29 is 18.0 Å². The van der Waals surface area contributed by atoms with Gasteiger partial charge < -0.3 is 5.32 Å². The van der Waals surface area contributed by atoms with Crippen LogP contribution in [0.5, 0.6) is 0 Å². The van der Waals surface area contributed by atoms with E-state index in [4.69, 9.17) is 0 Å². The quantitative estimate of drug-likeness (QED) is 0.863. The lowest BCUT2D eigenvalue weighted by Gasteiger charge is -2.31. The zero-order valence-corrected chi connectivity index (χ0v) is 15.3. The molecule has 0 aliphatic heterocycles. The highest BCUT2D eigenvalue weighted by molar-refractivity contribution is 5.95. The average molecular weight is 380 g/mol. The van der Waals surface area contributed by atoms with E-state index in [9.17, 15) is 18.0 Å². The fourth-order valence-corrected chi connectivity index (χ4v) is 3.63. The molecule has 2 heterocycles. The van der Waals surface area contributed by atoms with E-state index in [0.29, 0.717) is 29.9 Å². The number of carbonyl (C=O) groups is 1. The minimum absolute atomic E-state index is 0.00969. The van der Waals surface area contributed by atoms with Gasteiger partial charge in [0.25, 0.3) is 5.91 Å². The molecule has 1 N–H and O–H groups in total. The summed E-state index contributed by atoms with van der Waals surface area (Å²) in [6.07, 6.45) is -0.0334. The Morgan fingerprint density at radius 3 is 2.70 bits per heavy atom. The molecule has 2 aromatic rings. The van der Waals surface area contributed by atoms with Crippen LogP contribution in [0.25, 0.3) is 5.82 Å². The summed E-state index contributed by atoms with van der Waals surface area (Å²) in [7, 11) is 0. The molecule has 1 saturated carbocycles. The van der Waals surface area contributed by atoms with Crippen LogP contribution >= 0.6 is 0 Å². The van der Waals surface area contributed by atoms with Gasteiger partial charge >= 0.3 is 6.18 Å². The molecule has 1 fully saturated rings. The van der Waals surface area contributed by atoms with Crippen LogP contribution in [0.4, 0.5) is 13.2 Å². The normalized spacial score (nSPS) is 20.7. The largest absolute Gasteiger partial charge is 0.391 e. The molecular formula is C19H23F3N4O. The SMILES string of the molecule is CC(C)c1c(C(=O)N[C@@H]2CCC[C@@H](C(F)(F)F)C2)cnn1-c1ccccn1. The van der Waals surface area contributed by atoms with Crippen molar-refractivity contribution in [3.8, 4) is 5.82 Å². The Balaban J connectivity index is 1.80. The molecule has 146 valence electrons. The minimum Gasteiger partial charge on any atom is -0.349 e. The second-order valence-corrected chi connectivity index (χ2v) is 7.27. The first-order valence-corrected chi connectivity index (χ1v) is 9.14. The lowest BCUT2D eigenvalue weighted by Crippen LogP contribution is -2.41. The summed E-state index contributed by atoms with van der Waals surface area (Å²) < 4.78 is 40.6. The number of halogens is 3. The molecule has 3 rings (SSSR count). The van der Waals surface area contributed by atoms with Gasteiger partial charge in [0.1, 0.15) is 0 Å². The van der Waals surface area contributed by atoms with Crippen molar-refractivity contribution in [2.75, 3.05) is 0 Å². The van der Waals surface area contributed by atoms with Crippen molar-refractivity contribution in [2.45, 2.75) is 57.7 Å². The average Bonchev–Trinajstić information content (AvgIpc) is 3.07. The highest BCUT2D eigenvalue weighted by atomic mass is 19.4. The fourth-order valence-electron chi connectivity index (χ4n) is 3.63. The van der Waals surface area contributed by atoms with Gasteiger partial charge in [-0.15, -0.1) is 0 Å². The van der Waals surface area contributed by atoms with Crippen LogP contribution in [0.3, 0.4) is 0 Å². The number of pyridine rings is 1. The van der Waals surface area contributed by atoms with E-state index in [1.807, 2.05) is 19.9 Å². The number of hydrogen-bond donors (Lipinski definition) is 1. The summed E-state index contributed by atoms with van der Waals surface area (Å²) in [5, 5.41) is 7.07. The standard InChI is InChI=1S/C19H23F3N4O/c1-12(2)17-15(11-24-26(17)16-8-3-4-9-23-16)18(27)25-14-7-5-6-13(10-14)19(20,21)22/h3-4,8-9,11-14H,5-7,10H2,1-2H3,(H,25,27)/t13-,14-/m1/s1. The molecule has 27 heavy (non-hydrogen) atoms. The maximum atomic E-state index is 13.0. The Bertz CT molecular complexity index is 786.